The van der Waals surface area contributed by atoms with Crippen LogP contribution in [0, 0.1) is 0 Å². The molecule has 0 aliphatic carbocycles. The van der Waals surface area contributed by atoms with E-state index >= 15 is 0 Å². The first-order valence-corrected chi connectivity index (χ1v) is 2.95. The van der Waals surface area contributed by atoms with Gasteiger partial charge in [0.1, 0.15) is 6.17 Å². The number of rotatable bonds is 0. The highest BCUT2D eigenvalue weighted by Crippen LogP contribution is 2.03. The van der Waals surface area contributed by atoms with Gasteiger partial charge < -0.3 is 0 Å². The van der Waals surface area contributed by atoms with Crippen LogP contribution in [0.15, 0.2) is 16.8 Å². The van der Waals surface area contributed by atoms with Crippen molar-refractivity contribution in [2.45, 2.75) is 20.0 Å². The smallest absolute Gasteiger partial charge is 0.131 e. The maximum Gasteiger partial charge on any atom is 0.131 e. The average Bonchev–Trinajstić information content (AvgIpc) is 1.80. The Morgan fingerprint density at radius 2 is 2.44 bits per heavy atom. The number of hydrazine groups is 1. The summed E-state index contributed by atoms with van der Waals surface area (Å²) in [5, 5.41) is 1.59. The molecule has 0 aromatic rings. The summed E-state index contributed by atoms with van der Waals surface area (Å²) >= 11 is 0. The fourth-order valence-electron chi connectivity index (χ4n) is 0.679. The van der Waals surface area contributed by atoms with Gasteiger partial charge in [0.2, 0.25) is 0 Å². The Kier molecular flexibility index (Phi) is 1.53. The predicted molar refractivity (Wildman–Crippen MR) is 37.7 cm³/mol. The first-order chi connectivity index (χ1) is 4.20. The van der Waals surface area contributed by atoms with E-state index in [0.29, 0.717) is 0 Å². The largest absolute Gasteiger partial charge is 0.294 e. The lowest BCUT2D eigenvalue weighted by Gasteiger charge is -2.22. The Morgan fingerprint density at radius 3 is 2.89 bits per heavy atom. The van der Waals surface area contributed by atoms with E-state index in [1.165, 1.54) is 0 Å². The average molecular weight is 125 g/mol. The normalized spacial score (nSPS) is 26.3. The van der Waals surface area contributed by atoms with Crippen LogP contribution in [0.2, 0.25) is 0 Å². The van der Waals surface area contributed by atoms with Crippen LogP contribution in [0.3, 0.4) is 0 Å². The summed E-state index contributed by atoms with van der Waals surface area (Å²) in [4.78, 5) is 4.10. The van der Waals surface area contributed by atoms with Crippen LogP contribution in [-0.4, -0.2) is 17.4 Å². The van der Waals surface area contributed by atoms with Gasteiger partial charge in [-0.15, -0.1) is 0 Å². The zero-order valence-corrected chi connectivity index (χ0v) is 5.70. The van der Waals surface area contributed by atoms with Crippen molar-refractivity contribution in [2.24, 2.45) is 10.8 Å². The van der Waals surface area contributed by atoms with E-state index in [9.17, 15) is 0 Å². The van der Waals surface area contributed by atoms with Crippen LogP contribution in [0.25, 0.3) is 0 Å². The van der Waals surface area contributed by atoms with E-state index in [1.807, 2.05) is 26.3 Å². The van der Waals surface area contributed by atoms with Gasteiger partial charge in [-0.2, -0.15) is 0 Å². The summed E-state index contributed by atoms with van der Waals surface area (Å²) in [5.74, 6) is 5.51. The van der Waals surface area contributed by atoms with Gasteiger partial charge in [-0.1, -0.05) is 0 Å². The molecule has 1 unspecified atom stereocenters. The molecule has 0 fully saturated rings. The first-order valence-electron chi connectivity index (χ1n) is 2.95. The number of hydrogen-bond acceptors (Lipinski definition) is 3. The van der Waals surface area contributed by atoms with Crippen LogP contribution >= 0.6 is 0 Å². The Labute approximate surface area is 54.8 Å². The molecule has 1 rings (SSSR count). The van der Waals surface area contributed by atoms with Gasteiger partial charge in [0, 0.05) is 12.4 Å². The topological polar surface area (TPSA) is 41.6 Å². The molecule has 1 aliphatic rings. The summed E-state index contributed by atoms with van der Waals surface area (Å²) in [6.07, 6.45) is 3.79. The van der Waals surface area contributed by atoms with Gasteiger partial charge in [0.25, 0.3) is 0 Å². The molecule has 50 valence electrons. The van der Waals surface area contributed by atoms with E-state index in [2.05, 4.69) is 4.99 Å². The molecule has 0 radical (unpaired) electrons. The van der Waals surface area contributed by atoms with E-state index in [-0.39, 0.29) is 6.17 Å². The lowest BCUT2D eigenvalue weighted by Crippen LogP contribution is -2.35. The maximum absolute atomic E-state index is 5.51. The molecule has 0 aromatic heterocycles. The fraction of sp³-hybridized carbons (Fsp3) is 0.500. The van der Waals surface area contributed by atoms with Crippen molar-refractivity contribution in [1.82, 2.24) is 5.01 Å². The van der Waals surface area contributed by atoms with Gasteiger partial charge in [-0.3, -0.25) is 10.0 Å². The molecule has 3 nitrogen and oxygen atoms in total. The Bertz CT molecular complexity index is 160. The number of aliphatic imine (C=N–C) groups is 1. The SMILES string of the molecule is CC1=CN(N)C(C)N=C1. The van der Waals surface area contributed by atoms with Crippen molar-refractivity contribution in [3.63, 3.8) is 0 Å². The van der Waals surface area contributed by atoms with E-state index in [4.69, 9.17) is 5.84 Å². The molecule has 0 aromatic carbocycles. The second-order valence-corrected chi connectivity index (χ2v) is 2.23. The Balaban J connectivity index is 2.70. The third-order valence-corrected chi connectivity index (χ3v) is 1.28. The molecule has 0 spiro atoms. The maximum atomic E-state index is 5.51. The zero-order chi connectivity index (χ0) is 6.85. The molecule has 9 heavy (non-hydrogen) atoms. The van der Waals surface area contributed by atoms with Gasteiger partial charge in [0.05, 0.1) is 0 Å². The molecule has 1 aliphatic heterocycles. The van der Waals surface area contributed by atoms with Crippen molar-refractivity contribution in [3.8, 4) is 0 Å². The number of nitrogens with zero attached hydrogens (tertiary/aromatic N) is 2. The highest BCUT2D eigenvalue weighted by molar-refractivity contribution is 5.78. The first kappa shape index (κ1) is 6.29. The number of nitrogens with two attached hydrogens (primary N) is 1. The molecular formula is C6H11N3. The lowest BCUT2D eigenvalue weighted by molar-refractivity contribution is 0.307. The van der Waals surface area contributed by atoms with Crippen LogP contribution in [-0.2, 0) is 0 Å². The predicted octanol–water partition coefficient (Wildman–Crippen LogP) is 0.496. The molecule has 2 N–H and O–H groups in total. The van der Waals surface area contributed by atoms with Crippen molar-refractivity contribution in [3.05, 3.63) is 11.8 Å². The van der Waals surface area contributed by atoms with Crippen LogP contribution in [0.5, 0.6) is 0 Å². The molecule has 1 atom stereocenters. The van der Waals surface area contributed by atoms with E-state index in [0.717, 1.165) is 5.57 Å². The summed E-state index contributed by atoms with van der Waals surface area (Å²) in [6, 6.07) is 0. The van der Waals surface area contributed by atoms with Gasteiger partial charge in [0.15, 0.2) is 0 Å². The van der Waals surface area contributed by atoms with Crippen molar-refractivity contribution < 1.29 is 0 Å². The minimum atomic E-state index is 0.0914. The summed E-state index contributed by atoms with van der Waals surface area (Å²) < 4.78 is 0. The second-order valence-electron chi connectivity index (χ2n) is 2.23. The van der Waals surface area contributed by atoms with Gasteiger partial charge in [-0.25, -0.2) is 5.84 Å². The minimum absolute atomic E-state index is 0.0914. The third-order valence-electron chi connectivity index (χ3n) is 1.28. The lowest BCUT2D eigenvalue weighted by atomic mass is 10.3. The van der Waals surface area contributed by atoms with E-state index in [1.54, 1.807) is 5.01 Å². The third kappa shape index (κ3) is 1.29. The van der Waals surface area contributed by atoms with Crippen molar-refractivity contribution >= 4 is 6.21 Å². The summed E-state index contributed by atoms with van der Waals surface area (Å²) in [7, 11) is 0. The van der Waals surface area contributed by atoms with Crippen molar-refractivity contribution in [2.75, 3.05) is 0 Å². The molecule has 1 heterocycles. The summed E-state index contributed by atoms with van der Waals surface area (Å²) in [5.41, 5.74) is 1.09. The van der Waals surface area contributed by atoms with Crippen LogP contribution in [0.1, 0.15) is 13.8 Å². The fourth-order valence-corrected chi connectivity index (χ4v) is 0.679. The summed E-state index contributed by atoms with van der Waals surface area (Å²) in [6.45, 7) is 3.91. The second kappa shape index (κ2) is 2.19. The Morgan fingerprint density at radius 1 is 1.78 bits per heavy atom. The van der Waals surface area contributed by atoms with Crippen LogP contribution < -0.4 is 5.84 Å². The molecule has 0 saturated heterocycles. The highest BCUT2D eigenvalue weighted by atomic mass is 15.4. The highest BCUT2D eigenvalue weighted by Gasteiger charge is 2.05. The molecular weight excluding hydrogens is 114 g/mol. The van der Waals surface area contributed by atoms with Crippen LogP contribution in [0.4, 0.5) is 0 Å². The minimum Gasteiger partial charge on any atom is -0.294 e. The molecule has 0 saturated carbocycles. The van der Waals surface area contributed by atoms with Crippen molar-refractivity contribution in [1.29, 1.82) is 0 Å². The Hall–Kier alpha value is -0.830. The quantitative estimate of drug-likeness (QED) is 0.479. The molecule has 0 amide bonds. The van der Waals surface area contributed by atoms with E-state index < -0.39 is 0 Å². The number of hydrogen-bond donors (Lipinski definition) is 1. The number of allylic oxidation sites excluding steroid dienone is 1. The van der Waals surface area contributed by atoms with Gasteiger partial charge >= 0.3 is 0 Å². The molecule has 3 heteroatoms. The zero-order valence-electron chi connectivity index (χ0n) is 5.70. The van der Waals surface area contributed by atoms with Gasteiger partial charge in [-0.05, 0) is 19.4 Å². The molecule has 0 bridgehead atoms. The monoisotopic (exact) mass is 125 g/mol. The standard InChI is InChI=1S/C6H11N3/c1-5-3-8-6(2)9(7)4-5/h3-4,6H,7H2,1-2H3.